The van der Waals surface area contributed by atoms with Gasteiger partial charge in [-0.3, -0.25) is 19.4 Å². The largest absolute Gasteiger partial charge is 0.379 e. The summed E-state index contributed by atoms with van der Waals surface area (Å²) < 4.78 is 14.6. The molecule has 180 valence electrons. The third-order valence-electron chi connectivity index (χ3n) is 6.66. The normalized spacial score (nSPS) is 19.3. The number of imidazole rings is 2. The van der Waals surface area contributed by atoms with Gasteiger partial charge in [-0.1, -0.05) is 0 Å². The first-order valence-electron chi connectivity index (χ1n) is 11.4. The van der Waals surface area contributed by atoms with E-state index in [9.17, 15) is 9.59 Å². The van der Waals surface area contributed by atoms with E-state index in [4.69, 9.17) is 9.47 Å². The van der Waals surface area contributed by atoms with Gasteiger partial charge in [0.2, 0.25) is 11.6 Å². The number of halogens is 1. The van der Waals surface area contributed by atoms with Crippen molar-refractivity contribution in [3.63, 3.8) is 0 Å². The molecule has 4 heterocycles. The predicted molar refractivity (Wildman–Crippen MR) is 123 cm³/mol. The number of carbonyl (C=O) groups is 2. The number of aromatic nitrogens is 4. The predicted octanol–water partition coefficient (Wildman–Crippen LogP) is 0.558. The van der Waals surface area contributed by atoms with Crippen LogP contribution in [-0.4, -0.2) is 106 Å². The minimum Gasteiger partial charge on any atom is -0.379 e. The summed E-state index contributed by atoms with van der Waals surface area (Å²) >= 11 is 0. The number of morpholine rings is 2. The van der Waals surface area contributed by atoms with Crippen molar-refractivity contribution in [2.75, 3.05) is 65.7 Å². The van der Waals surface area contributed by atoms with Crippen molar-refractivity contribution in [2.24, 2.45) is 0 Å². The highest BCUT2D eigenvalue weighted by Gasteiger charge is 2.39. The Morgan fingerprint density at radius 3 is 1.39 bits per heavy atom. The van der Waals surface area contributed by atoms with E-state index in [-0.39, 0.29) is 35.4 Å². The van der Waals surface area contributed by atoms with E-state index < -0.39 is 0 Å². The van der Waals surface area contributed by atoms with E-state index in [2.05, 4.69) is 19.8 Å². The summed E-state index contributed by atoms with van der Waals surface area (Å²) in [7, 11) is 0. The highest BCUT2D eigenvalue weighted by atomic mass is 35.5. The molecule has 2 fully saturated rings. The van der Waals surface area contributed by atoms with Crippen molar-refractivity contribution < 1.29 is 19.1 Å². The van der Waals surface area contributed by atoms with Crippen molar-refractivity contribution in [3.05, 3.63) is 34.4 Å². The third kappa shape index (κ3) is 4.50. The average Bonchev–Trinajstić information content (AvgIpc) is 3.33. The number of fused-ring (bicyclic) bond motifs is 2. The number of carbonyl (C=O) groups excluding carboxylic acids is 2. The standard InChI is InChI=1S/C22H30N6O4.ClH/c1-15-23-17-19(27(15)5-3-25-7-11-31-12-8-25)22(30)18-20(21(17)29)28(16(2)24-18)6-4-26-9-13-32-14-10-26;/h3-14H2,1-2H3;1H. The summed E-state index contributed by atoms with van der Waals surface area (Å²) in [4.78, 5) is 40.6. The Morgan fingerprint density at radius 1 is 0.667 bits per heavy atom. The summed E-state index contributed by atoms with van der Waals surface area (Å²) in [5.74, 6) is 0.967. The molecule has 33 heavy (non-hydrogen) atoms. The SMILES string of the molecule is Cc1nc2c(n1CCN1CCOCC1)C(=O)c1nc(C)n(CCN3CCOCC3)c1C2=O.Cl. The summed E-state index contributed by atoms with van der Waals surface area (Å²) in [5, 5.41) is 0. The van der Waals surface area contributed by atoms with E-state index in [1.807, 2.05) is 23.0 Å². The average molecular weight is 479 g/mol. The number of nitrogens with zero attached hydrogens (tertiary/aromatic N) is 6. The highest BCUT2D eigenvalue weighted by Crippen LogP contribution is 2.28. The first-order chi connectivity index (χ1) is 15.5. The third-order valence-corrected chi connectivity index (χ3v) is 6.66. The first-order valence-corrected chi connectivity index (χ1v) is 11.4. The molecule has 0 atom stereocenters. The van der Waals surface area contributed by atoms with Crippen LogP contribution in [0.2, 0.25) is 0 Å². The van der Waals surface area contributed by atoms with Crippen LogP contribution in [0.1, 0.15) is 44.0 Å². The maximum absolute atomic E-state index is 13.5. The molecular weight excluding hydrogens is 448 g/mol. The van der Waals surface area contributed by atoms with Gasteiger partial charge in [-0.15, -0.1) is 12.4 Å². The quantitative estimate of drug-likeness (QED) is 0.507. The molecule has 1 aliphatic carbocycles. The molecule has 0 bridgehead atoms. The lowest BCUT2D eigenvalue weighted by Gasteiger charge is -2.27. The van der Waals surface area contributed by atoms with Gasteiger partial charge >= 0.3 is 0 Å². The van der Waals surface area contributed by atoms with E-state index in [1.165, 1.54) is 0 Å². The summed E-state index contributed by atoms with van der Waals surface area (Å²) in [6, 6.07) is 0. The minimum absolute atomic E-state index is 0. The number of ketones is 2. The van der Waals surface area contributed by atoms with Crippen LogP contribution in [0.3, 0.4) is 0 Å². The molecule has 0 unspecified atom stereocenters. The van der Waals surface area contributed by atoms with Crippen LogP contribution in [-0.2, 0) is 22.6 Å². The van der Waals surface area contributed by atoms with Crippen LogP contribution in [0.4, 0.5) is 0 Å². The molecule has 0 radical (unpaired) electrons. The van der Waals surface area contributed by atoms with Crippen LogP contribution in [0.15, 0.2) is 0 Å². The van der Waals surface area contributed by atoms with E-state index in [1.54, 1.807) is 0 Å². The fraction of sp³-hybridized carbons (Fsp3) is 0.636. The van der Waals surface area contributed by atoms with Gasteiger partial charge in [-0.05, 0) is 13.8 Å². The molecule has 2 aromatic rings. The lowest BCUT2D eigenvalue weighted by molar-refractivity contribution is 0.0361. The summed E-state index contributed by atoms with van der Waals surface area (Å²) in [5.41, 5.74) is 1.28. The molecular formula is C22H31ClN6O4. The molecule has 2 saturated heterocycles. The van der Waals surface area contributed by atoms with Gasteiger partial charge in [0.15, 0.2) is 0 Å². The van der Waals surface area contributed by atoms with Crippen LogP contribution in [0.5, 0.6) is 0 Å². The maximum Gasteiger partial charge on any atom is 0.232 e. The minimum atomic E-state index is -0.203. The second-order valence-electron chi connectivity index (χ2n) is 8.58. The van der Waals surface area contributed by atoms with E-state index >= 15 is 0 Å². The van der Waals surface area contributed by atoms with Crippen LogP contribution in [0, 0.1) is 13.8 Å². The maximum atomic E-state index is 13.5. The number of ether oxygens (including phenoxy) is 2. The second-order valence-corrected chi connectivity index (χ2v) is 8.58. The Morgan fingerprint density at radius 2 is 1.03 bits per heavy atom. The number of rotatable bonds is 6. The van der Waals surface area contributed by atoms with Crippen LogP contribution >= 0.6 is 12.4 Å². The molecule has 10 nitrogen and oxygen atoms in total. The zero-order valence-corrected chi connectivity index (χ0v) is 20.0. The molecule has 0 aromatic carbocycles. The molecule has 11 heteroatoms. The molecule has 0 N–H and O–H groups in total. The Labute approximate surface area is 199 Å². The zero-order valence-electron chi connectivity index (χ0n) is 19.2. The smallest absolute Gasteiger partial charge is 0.232 e. The highest BCUT2D eigenvalue weighted by molar-refractivity contribution is 6.25. The molecule has 0 amide bonds. The summed E-state index contributed by atoms with van der Waals surface area (Å²) in [6.07, 6.45) is 0. The van der Waals surface area contributed by atoms with Crippen LogP contribution < -0.4 is 0 Å². The number of aryl methyl sites for hydroxylation is 2. The zero-order chi connectivity index (χ0) is 22.2. The second kappa shape index (κ2) is 10.0. The van der Waals surface area contributed by atoms with Crippen molar-refractivity contribution in [1.82, 2.24) is 28.9 Å². The topological polar surface area (TPSA) is 94.7 Å². The van der Waals surface area contributed by atoms with E-state index in [0.29, 0.717) is 36.1 Å². The van der Waals surface area contributed by atoms with Gasteiger partial charge in [0.05, 0.1) is 26.4 Å². The molecule has 0 spiro atoms. The van der Waals surface area contributed by atoms with Gasteiger partial charge < -0.3 is 18.6 Å². The van der Waals surface area contributed by atoms with Crippen LogP contribution in [0.25, 0.3) is 0 Å². The van der Waals surface area contributed by atoms with Gasteiger partial charge in [-0.25, -0.2) is 9.97 Å². The number of hydrogen-bond acceptors (Lipinski definition) is 8. The Bertz CT molecular complexity index is 954. The van der Waals surface area contributed by atoms with Gasteiger partial charge in [0.1, 0.15) is 34.4 Å². The number of hydrogen-bond donors (Lipinski definition) is 0. The molecule has 2 aliphatic heterocycles. The van der Waals surface area contributed by atoms with Crippen molar-refractivity contribution in [3.8, 4) is 0 Å². The molecule has 2 aromatic heterocycles. The van der Waals surface area contributed by atoms with Gasteiger partial charge in [-0.2, -0.15) is 0 Å². The van der Waals surface area contributed by atoms with Crippen molar-refractivity contribution in [2.45, 2.75) is 26.9 Å². The van der Waals surface area contributed by atoms with Crippen molar-refractivity contribution in [1.29, 1.82) is 0 Å². The van der Waals surface area contributed by atoms with Gasteiger partial charge in [0.25, 0.3) is 0 Å². The monoisotopic (exact) mass is 478 g/mol. The Hall–Kier alpha value is -2.11. The Balaban J connectivity index is 0.00000259. The Kier molecular flexibility index (Phi) is 7.30. The molecule has 0 saturated carbocycles. The van der Waals surface area contributed by atoms with E-state index in [0.717, 1.165) is 65.7 Å². The lowest BCUT2D eigenvalue weighted by Crippen LogP contribution is -2.39. The molecule has 5 rings (SSSR count). The first kappa shape index (κ1) is 24.0. The summed E-state index contributed by atoms with van der Waals surface area (Å²) in [6.45, 7) is 12.9. The fourth-order valence-corrected chi connectivity index (χ4v) is 4.81. The molecule has 3 aliphatic rings. The van der Waals surface area contributed by atoms with Crippen molar-refractivity contribution >= 4 is 24.0 Å². The lowest BCUT2D eigenvalue weighted by atomic mass is 9.98. The fourth-order valence-electron chi connectivity index (χ4n) is 4.81. The van der Waals surface area contributed by atoms with Gasteiger partial charge in [0, 0.05) is 52.4 Å².